The summed E-state index contributed by atoms with van der Waals surface area (Å²) in [5, 5.41) is 2.56. The predicted molar refractivity (Wildman–Crippen MR) is 96.8 cm³/mol. The minimum absolute atomic E-state index is 0.0993. The Labute approximate surface area is 152 Å². The second-order valence-electron chi connectivity index (χ2n) is 6.25. The average molecular weight is 358 g/mol. The van der Waals surface area contributed by atoms with E-state index in [1.807, 2.05) is 13.8 Å². The van der Waals surface area contributed by atoms with E-state index >= 15 is 0 Å². The Morgan fingerprint density at radius 3 is 2.65 bits per heavy atom. The highest BCUT2D eigenvalue weighted by atomic mass is 19.1. The van der Waals surface area contributed by atoms with Crippen molar-refractivity contribution in [3.05, 3.63) is 47.3 Å². The molecule has 0 aliphatic carbocycles. The fourth-order valence-electron chi connectivity index (χ4n) is 3.29. The van der Waals surface area contributed by atoms with Crippen molar-refractivity contribution in [3.63, 3.8) is 0 Å². The fraction of sp³-hybridized carbons (Fsp3) is 0.421. The maximum Gasteiger partial charge on any atom is 0.291 e. The lowest BCUT2D eigenvalue weighted by atomic mass is 10.1. The first kappa shape index (κ1) is 18.1. The van der Waals surface area contributed by atoms with Gasteiger partial charge in [0.05, 0.1) is 11.4 Å². The summed E-state index contributed by atoms with van der Waals surface area (Å²) < 4.78 is 15.6. The van der Waals surface area contributed by atoms with E-state index in [2.05, 4.69) is 10.3 Å². The van der Waals surface area contributed by atoms with E-state index in [1.165, 1.54) is 12.1 Å². The Hall–Kier alpha value is -2.70. The van der Waals surface area contributed by atoms with Gasteiger partial charge in [-0.05, 0) is 45.2 Å². The van der Waals surface area contributed by atoms with Crippen LogP contribution in [0.25, 0.3) is 0 Å². The zero-order chi connectivity index (χ0) is 18.7. The van der Waals surface area contributed by atoms with Crippen molar-refractivity contribution < 1.29 is 14.0 Å². The number of halogens is 1. The molecule has 0 fully saturated rings. The molecule has 6 nitrogen and oxygen atoms in total. The molecule has 7 heteroatoms. The van der Waals surface area contributed by atoms with E-state index in [1.54, 1.807) is 21.6 Å². The Kier molecular flexibility index (Phi) is 5.35. The van der Waals surface area contributed by atoms with Crippen molar-refractivity contribution >= 4 is 17.5 Å². The molecule has 138 valence electrons. The molecule has 1 aliphatic rings. The zero-order valence-corrected chi connectivity index (χ0v) is 15.1. The molecule has 0 unspecified atom stereocenters. The minimum atomic E-state index is -0.509. The Balaban J connectivity index is 1.96. The van der Waals surface area contributed by atoms with E-state index in [-0.39, 0.29) is 17.4 Å². The number of rotatable bonds is 5. The van der Waals surface area contributed by atoms with Crippen LogP contribution in [0.2, 0.25) is 0 Å². The van der Waals surface area contributed by atoms with Crippen molar-refractivity contribution in [2.45, 2.75) is 39.7 Å². The number of hydrogen-bond acceptors (Lipinski definition) is 3. The molecular weight excluding hydrogens is 335 g/mol. The highest BCUT2D eigenvalue weighted by molar-refractivity contribution is 6.03. The molecule has 3 rings (SSSR count). The summed E-state index contributed by atoms with van der Waals surface area (Å²) >= 11 is 0. The number of imidazole rings is 1. The van der Waals surface area contributed by atoms with Crippen molar-refractivity contribution in [1.82, 2.24) is 14.5 Å². The molecule has 0 atom stereocenters. The van der Waals surface area contributed by atoms with Crippen molar-refractivity contribution in [3.8, 4) is 0 Å². The van der Waals surface area contributed by atoms with Crippen LogP contribution in [0.5, 0.6) is 0 Å². The molecule has 0 bridgehead atoms. The third-order valence-electron chi connectivity index (χ3n) is 4.70. The Morgan fingerprint density at radius 1 is 1.23 bits per heavy atom. The van der Waals surface area contributed by atoms with Gasteiger partial charge >= 0.3 is 0 Å². The first-order valence-corrected chi connectivity index (χ1v) is 9.01. The van der Waals surface area contributed by atoms with Crippen LogP contribution in [0, 0.1) is 5.82 Å². The van der Waals surface area contributed by atoms with Gasteiger partial charge in [0.25, 0.3) is 11.8 Å². The van der Waals surface area contributed by atoms with Gasteiger partial charge in [-0.2, -0.15) is 0 Å². The first-order chi connectivity index (χ1) is 12.6. The molecule has 0 spiro atoms. The highest BCUT2D eigenvalue weighted by Crippen LogP contribution is 2.23. The molecule has 2 amide bonds. The molecule has 0 radical (unpaired) electrons. The number of amides is 2. The van der Waals surface area contributed by atoms with Gasteiger partial charge in [-0.25, -0.2) is 9.37 Å². The second-order valence-corrected chi connectivity index (χ2v) is 6.25. The Morgan fingerprint density at radius 2 is 1.96 bits per heavy atom. The summed E-state index contributed by atoms with van der Waals surface area (Å²) in [6, 6.07) is 5.99. The SMILES string of the molecule is CCN(CC)C(=O)c1nc(C(=O)Nc2ccccc2F)n2c1CCCC2. The normalized spacial score (nSPS) is 13.2. The van der Waals surface area contributed by atoms with Crippen LogP contribution in [0.4, 0.5) is 10.1 Å². The third kappa shape index (κ3) is 3.34. The number of fused-ring (bicyclic) bond motifs is 1. The largest absolute Gasteiger partial charge is 0.338 e. The van der Waals surface area contributed by atoms with E-state index in [4.69, 9.17) is 0 Å². The van der Waals surface area contributed by atoms with Gasteiger partial charge in [-0.15, -0.1) is 0 Å². The summed E-state index contributed by atoms with van der Waals surface area (Å²) in [6.45, 7) is 5.62. The van der Waals surface area contributed by atoms with Crippen LogP contribution in [0.1, 0.15) is 53.5 Å². The van der Waals surface area contributed by atoms with Crippen LogP contribution in [0.3, 0.4) is 0 Å². The number of nitrogens with one attached hydrogen (secondary N) is 1. The van der Waals surface area contributed by atoms with Crippen molar-refractivity contribution in [1.29, 1.82) is 0 Å². The average Bonchev–Trinajstić information content (AvgIpc) is 3.04. The van der Waals surface area contributed by atoms with E-state index in [0.29, 0.717) is 31.7 Å². The van der Waals surface area contributed by atoms with Crippen LogP contribution >= 0.6 is 0 Å². The van der Waals surface area contributed by atoms with Gasteiger partial charge < -0.3 is 14.8 Å². The molecule has 0 saturated heterocycles. The summed E-state index contributed by atoms with van der Waals surface area (Å²) in [5.41, 5.74) is 1.24. The van der Waals surface area contributed by atoms with Gasteiger partial charge in [0, 0.05) is 19.6 Å². The number of benzene rings is 1. The van der Waals surface area contributed by atoms with Crippen molar-refractivity contribution in [2.75, 3.05) is 18.4 Å². The number of hydrogen-bond donors (Lipinski definition) is 1. The molecule has 26 heavy (non-hydrogen) atoms. The number of aromatic nitrogens is 2. The topological polar surface area (TPSA) is 67.2 Å². The Bertz CT molecular complexity index is 827. The monoisotopic (exact) mass is 358 g/mol. The van der Waals surface area contributed by atoms with Crippen molar-refractivity contribution in [2.24, 2.45) is 0 Å². The molecule has 1 aromatic carbocycles. The van der Waals surface area contributed by atoms with Crippen LogP contribution in [0.15, 0.2) is 24.3 Å². The smallest absolute Gasteiger partial charge is 0.291 e. The lowest BCUT2D eigenvalue weighted by Gasteiger charge is -2.20. The van der Waals surface area contributed by atoms with Crippen LogP contribution in [-0.4, -0.2) is 39.4 Å². The molecule has 1 N–H and O–H groups in total. The van der Waals surface area contributed by atoms with Gasteiger partial charge in [-0.3, -0.25) is 9.59 Å². The number of carbonyl (C=O) groups is 2. The summed E-state index contributed by atoms with van der Waals surface area (Å²) in [7, 11) is 0. The standard InChI is InChI=1S/C19H23FN4O2/c1-3-23(4-2)19(26)16-15-11-7-8-12-24(15)17(22-16)18(25)21-14-10-6-5-9-13(14)20/h5-6,9-10H,3-4,7-8,11-12H2,1-2H3,(H,21,25). The van der Waals surface area contributed by atoms with E-state index < -0.39 is 11.7 Å². The van der Waals surface area contributed by atoms with Crippen LogP contribution < -0.4 is 5.32 Å². The summed E-state index contributed by atoms with van der Waals surface area (Å²) in [5.74, 6) is -1.01. The number of para-hydroxylation sites is 1. The van der Waals surface area contributed by atoms with Gasteiger partial charge in [0.1, 0.15) is 11.5 Å². The quantitative estimate of drug-likeness (QED) is 0.893. The maximum absolute atomic E-state index is 13.8. The fourth-order valence-corrected chi connectivity index (χ4v) is 3.29. The highest BCUT2D eigenvalue weighted by Gasteiger charge is 2.29. The number of nitrogens with zero attached hydrogens (tertiary/aromatic N) is 3. The number of anilines is 1. The van der Waals surface area contributed by atoms with Gasteiger partial charge in [0.15, 0.2) is 5.82 Å². The molecule has 1 aromatic heterocycles. The molecule has 0 saturated carbocycles. The molecular formula is C19H23FN4O2. The summed E-state index contributed by atoms with van der Waals surface area (Å²) in [4.78, 5) is 31.5. The van der Waals surface area contributed by atoms with Gasteiger partial charge in [-0.1, -0.05) is 12.1 Å². The molecule has 2 heterocycles. The number of carbonyl (C=O) groups excluding carboxylic acids is 2. The van der Waals surface area contributed by atoms with E-state index in [9.17, 15) is 14.0 Å². The zero-order valence-electron chi connectivity index (χ0n) is 15.1. The third-order valence-corrected chi connectivity index (χ3v) is 4.70. The van der Waals surface area contributed by atoms with Crippen LogP contribution in [-0.2, 0) is 13.0 Å². The first-order valence-electron chi connectivity index (χ1n) is 9.01. The molecule has 1 aliphatic heterocycles. The van der Waals surface area contributed by atoms with Gasteiger partial charge in [0.2, 0.25) is 0 Å². The van der Waals surface area contributed by atoms with E-state index in [0.717, 1.165) is 18.5 Å². The lowest BCUT2D eigenvalue weighted by Crippen LogP contribution is -2.31. The minimum Gasteiger partial charge on any atom is -0.338 e. The lowest BCUT2D eigenvalue weighted by molar-refractivity contribution is 0.0766. The predicted octanol–water partition coefficient (Wildman–Crippen LogP) is 3.09. The second kappa shape index (κ2) is 7.68. The summed E-state index contributed by atoms with van der Waals surface area (Å²) in [6.07, 6.45) is 2.59. The molecule has 2 aromatic rings. The maximum atomic E-state index is 13.8.